The predicted octanol–water partition coefficient (Wildman–Crippen LogP) is 2.37. The lowest BCUT2D eigenvalue weighted by atomic mass is 10.1. The average molecular weight is 403 g/mol. The topological polar surface area (TPSA) is 132 Å². The number of halogens is 3. The molecule has 0 heterocycles. The lowest BCUT2D eigenvalue weighted by Crippen LogP contribution is -2.28. The molecule has 2 rings (SSSR count). The van der Waals surface area contributed by atoms with Crippen LogP contribution in [0.25, 0.3) is 0 Å². The zero-order valence-corrected chi connectivity index (χ0v) is 14.1. The van der Waals surface area contributed by atoms with Gasteiger partial charge >= 0.3 is 5.76 Å². The number of sulfone groups is 1. The third-order valence-electron chi connectivity index (χ3n) is 3.52. The molecule has 3 N–H and O–H groups in total. The number of alkyl halides is 2. The number of nitrogens with zero attached hydrogens (tertiary/aromatic N) is 1. The Labute approximate surface area is 150 Å². The van der Waals surface area contributed by atoms with Gasteiger partial charge in [0.25, 0.3) is 5.69 Å². The number of anilines is 1. The Hall–Kier alpha value is -3.15. The normalized spacial score (nSPS) is 12.6. The molecule has 144 valence electrons. The minimum atomic E-state index is -5.05. The molecule has 0 aliphatic rings. The molecule has 0 saturated heterocycles. The van der Waals surface area contributed by atoms with E-state index in [9.17, 15) is 36.5 Å². The molecule has 0 aliphatic carbocycles. The van der Waals surface area contributed by atoms with Crippen LogP contribution in [0.15, 0.2) is 47.4 Å². The van der Waals surface area contributed by atoms with Crippen LogP contribution in [-0.4, -0.2) is 25.0 Å². The van der Waals surface area contributed by atoms with Gasteiger partial charge in [-0.25, -0.2) is 12.8 Å². The molecule has 2 aromatic rings. The molecule has 0 aliphatic heterocycles. The molecular weight excluding hydrogens is 391 g/mol. The van der Waals surface area contributed by atoms with Gasteiger partial charge in [0.05, 0.1) is 9.82 Å². The number of hydrogen-bond donors (Lipinski definition) is 2. The Kier molecular flexibility index (Phi) is 5.69. The van der Waals surface area contributed by atoms with Crippen molar-refractivity contribution in [3.8, 4) is 0 Å². The van der Waals surface area contributed by atoms with Crippen molar-refractivity contribution in [2.45, 2.75) is 16.7 Å². The Balaban J connectivity index is 2.49. The summed E-state index contributed by atoms with van der Waals surface area (Å²) in [5, 5.41) is 13.7. The highest BCUT2D eigenvalue weighted by Gasteiger charge is 2.30. The van der Waals surface area contributed by atoms with Crippen molar-refractivity contribution < 1.29 is 31.3 Å². The molecule has 1 amide bonds. The second-order valence-corrected chi connectivity index (χ2v) is 7.19. The fourth-order valence-corrected chi connectivity index (χ4v) is 2.93. The van der Waals surface area contributed by atoms with Gasteiger partial charge in [0.15, 0.2) is 0 Å². The van der Waals surface area contributed by atoms with E-state index in [0.717, 1.165) is 24.3 Å². The van der Waals surface area contributed by atoms with Gasteiger partial charge in [-0.3, -0.25) is 14.9 Å². The molecular formula is C15H12F3N3O5S. The fourth-order valence-electron chi connectivity index (χ4n) is 2.19. The first kappa shape index (κ1) is 20.2. The number of nitrogens with one attached hydrogen (secondary N) is 1. The minimum Gasteiger partial charge on any atom is -0.368 e. The number of carbonyl (C=O) groups is 1. The molecule has 8 nitrogen and oxygen atoms in total. The summed E-state index contributed by atoms with van der Waals surface area (Å²) in [5.41, 5.74) is 4.25. The first-order valence-electron chi connectivity index (χ1n) is 7.16. The zero-order valence-electron chi connectivity index (χ0n) is 13.3. The molecule has 0 aromatic heterocycles. The summed E-state index contributed by atoms with van der Waals surface area (Å²) in [6.45, 7) is 0. The minimum absolute atomic E-state index is 0.183. The maximum atomic E-state index is 13.0. The van der Waals surface area contributed by atoms with Crippen molar-refractivity contribution in [2.75, 3.05) is 5.32 Å². The quantitative estimate of drug-likeness (QED) is 0.539. The Morgan fingerprint density at radius 2 is 1.74 bits per heavy atom. The fraction of sp³-hybridized carbons (Fsp3) is 0.133. The number of hydrogen-bond acceptors (Lipinski definition) is 6. The van der Waals surface area contributed by atoms with Gasteiger partial charge in [0, 0.05) is 6.07 Å². The maximum absolute atomic E-state index is 13.0. The number of rotatable bonds is 7. The SMILES string of the molecule is NC(=O)C(Nc1ccc(S(=O)(=O)C(F)F)cc1[N+](=O)[O-])c1ccc(F)cc1. The van der Waals surface area contributed by atoms with Crippen molar-refractivity contribution in [2.24, 2.45) is 5.73 Å². The molecule has 27 heavy (non-hydrogen) atoms. The summed E-state index contributed by atoms with van der Waals surface area (Å²) < 4.78 is 61.3. The maximum Gasteiger partial charge on any atom is 0.341 e. The van der Waals surface area contributed by atoms with Gasteiger partial charge in [-0.1, -0.05) is 12.1 Å². The van der Waals surface area contributed by atoms with E-state index in [1.807, 2.05) is 0 Å². The molecule has 0 saturated carbocycles. The number of primary amides is 1. The molecule has 12 heteroatoms. The van der Waals surface area contributed by atoms with E-state index in [2.05, 4.69) is 5.32 Å². The van der Waals surface area contributed by atoms with E-state index in [-0.39, 0.29) is 11.3 Å². The molecule has 0 bridgehead atoms. The van der Waals surface area contributed by atoms with Gasteiger partial charge < -0.3 is 11.1 Å². The summed E-state index contributed by atoms with van der Waals surface area (Å²) >= 11 is 0. The number of carbonyl (C=O) groups excluding carboxylic acids is 1. The highest BCUT2D eigenvalue weighted by molar-refractivity contribution is 7.91. The molecule has 1 unspecified atom stereocenters. The molecule has 1 atom stereocenters. The van der Waals surface area contributed by atoms with E-state index >= 15 is 0 Å². The number of nitro groups is 1. The van der Waals surface area contributed by atoms with Gasteiger partial charge in [0.1, 0.15) is 17.5 Å². The van der Waals surface area contributed by atoms with Crippen LogP contribution in [0.3, 0.4) is 0 Å². The van der Waals surface area contributed by atoms with E-state index in [0.29, 0.717) is 6.07 Å². The Morgan fingerprint density at radius 1 is 1.15 bits per heavy atom. The summed E-state index contributed by atoms with van der Waals surface area (Å²) in [5.74, 6) is -5.30. The van der Waals surface area contributed by atoms with Crippen molar-refractivity contribution in [3.05, 3.63) is 64.0 Å². The van der Waals surface area contributed by atoms with Crippen LogP contribution in [0, 0.1) is 15.9 Å². The largest absolute Gasteiger partial charge is 0.368 e. The average Bonchev–Trinajstić information content (AvgIpc) is 2.60. The highest BCUT2D eigenvalue weighted by atomic mass is 32.2. The van der Waals surface area contributed by atoms with E-state index < -0.39 is 48.9 Å². The number of benzene rings is 2. The standard InChI is InChI=1S/C15H12F3N3O5S/c16-9-3-1-8(2-4-9)13(14(19)22)20-11-6-5-10(7-12(11)21(23)24)27(25,26)15(17)18/h1-7,13,15,20H,(H2,19,22). The first-order valence-corrected chi connectivity index (χ1v) is 8.70. The molecule has 0 fully saturated rings. The van der Waals surface area contributed by atoms with Crippen LogP contribution in [0.2, 0.25) is 0 Å². The summed E-state index contributed by atoms with van der Waals surface area (Å²) in [7, 11) is -5.05. The number of nitrogens with two attached hydrogens (primary N) is 1. The van der Waals surface area contributed by atoms with Crippen molar-refractivity contribution in [1.82, 2.24) is 0 Å². The van der Waals surface area contributed by atoms with Gasteiger partial charge in [-0.15, -0.1) is 0 Å². The highest BCUT2D eigenvalue weighted by Crippen LogP contribution is 2.32. The van der Waals surface area contributed by atoms with Crippen molar-refractivity contribution in [3.63, 3.8) is 0 Å². The zero-order chi connectivity index (χ0) is 20.4. The number of amides is 1. The van der Waals surface area contributed by atoms with Crippen LogP contribution < -0.4 is 11.1 Å². The van der Waals surface area contributed by atoms with Crippen LogP contribution in [0.4, 0.5) is 24.5 Å². The van der Waals surface area contributed by atoms with E-state index in [1.54, 1.807) is 0 Å². The van der Waals surface area contributed by atoms with E-state index in [1.165, 1.54) is 12.1 Å². The molecule has 0 spiro atoms. The van der Waals surface area contributed by atoms with Gasteiger partial charge in [-0.2, -0.15) is 8.78 Å². The lowest BCUT2D eigenvalue weighted by Gasteiger charge is -2.17. The van der Waals surface area contributed by atoms with Gasteiger partial charge in [0.2, 0.25) is 15.7 Å². The third-order valence-corrected chi connectivity index (χ3v) is 4.90. The predicted molar refractivity (Wildman–Crippen MR) is 88.2 cm³/mol. The van der Waals surface area contributed by atoms with Crippen LogP contribution in [0.1, 0.15) is 11.6 Å². The van der Waals surface area contributed by atoms with Crippen LogP contribution >= 0.6 is 0 Å². The third kappa shape index (κ3) is 4.34. The van der Waals surface area contributed by atoms with Crippen molar-refractivity contribution >= 4 is 27.1 Å². The Morgan fingerprint density at radius 3 is 2.22 bits per heavy atom. The van der Waals surface area contributed by atoms with Crippen LogP contribution in [-0.2, 0) is 14.6 Å². The Bertz CT molecular complexity index is 981. The second kappa shape index (κ2) is 7.61. The van der Waals surface area contributed by atoms with Crippen molar-refractivity contribution in [1.29, 1.82) is 0 Å². The van der Waals surface area contributed by atoms with E-state index in [4.69, 9.17) is 5.73 Å². The first-order chi connectivity index (χ1) is 12.5. The molecule has 0 radical (unpaired) electrons. The lowest BCUT2D eigenvalue weighted by molar-refractivity contribution is -0.384. The molecule has 2 aromatic carbocycles. The summed E-state index contributed by atoms with van der Waals surface area (Å²) in [6.07, 6.45) is 0. The number of nitro benzene ring substituents is 1. The van der Waals surface area contributed by atoms with Gasteiger partial charge in [-0.05, 0) is 29.8 Å². The monoisotopic (exact) mass is 403 g/mol. The summed E-state index contributed by atoms with van der Waals surface area (Å²) in [4.78, 5) is 21.0. The second-order valence-electron chi connectivity index (χ2n) is 5.27. The summed E-state index contributed by atoms with van der Waals surface area (Å²) in [6, 6.07) is 5.26. The smallest absolute Gasteiger partial charge is 0.341 e. The van der Waals surface area contributed by atoms with Crippen LogP contribution in [0.5, 0.6) is 0 Å².